The number of halogens is 1. The summed E-state index contributed by atoms with van der Waals surface area (Å²) in [6.45, 7) is 1.72. The first kappa shape index (κ1) is 13.4. The number of hydrogen-bond acceptors (Lipinski definition) is 5. The van der Waals surface area contributed by atoms with Gasteiger partial charge in [0.15, 0.2) is 5.69 Å². The van der Waals surface area contributed by atoms with Crippen molar-refractivity contribution < 1.29 is 8.81 Å². The maximum atomic E-state index is 13.0. The molecule has 0 aliphatic carbocycles. The zero-order chi connectivity index (χ0) is 15.0. The third-order valence-corrected chi connectivity index (χ3v) is 2.99. The fourth-order valence-corrected chi connectivity index (χ4v) is 1.99. The Morgan fingerprint density at radius 2 is 2.05 bits per heavy atom. The van der Waals surface area contributed by atoms with Gasteiger partial charge in [0.1, 0.15) is 5.82 Å². The van der Waals surface area contributed by atoms with Gasteiger partial charge in [-0.25, -0.2) is 14.2 Å². The van der Waals surface area contributed by atoms with E-state index in [1.807, 2.05) is 0 Å². The molecule has 2 aromatic heterocycles. The molecule has 6 nitrogen and oxygen atoms in total. The highest BCUT2D eigenvalue weighted by molar-refractivity contribution is 7.71. The molecule has 3 rings (SSSR count). The largest absolute Gasteiger partial charge is 0.407 e. The quantitative estimate of drug-likeness (QED) is 0.736. The molecule has 0 saturated heterocycles. The molecule has 0 aliphatic heterocycles. The predicted molar refractivity (Wildman–Crippen MR) is 75.2 cm³/mol. The number of nitrogens with zero attached hydrogens (tertiary/aromatic N) is 3. The van der Waals surface area contributed by atoms with Crippen LogP contribution in [0.2, 0.25) is 0 Å². The molecule has 106 valence electrons. The highest BCUT2D eigenvalue weighted by Crippen LogP contribution is 2.14. The van der Waals surface area contributed by atoms with Crippen LogP contribution in [0.1, 0.15) is 5.69 Å². The molecule has 0 spiro atoms. The van der Waals surface area contributed by atoms with E-state index in [4.69, 9.17) is 16.6 Å². The van der Waals surface area contributed by atoms with Gasteiger partial charge in [0.25, 0.3) is 10.7 Å². The van der Waals surface area contributed by atoms with Crippen LogP contribution in [-0.2, 0) is 0 Å². The molecule has 0 fully saturated rings. The Morgan fingerprint density at radius 3 is 2.67 bits per heavy atom. The summed E-state index contributed by atoms with van der Waals surface area (Å²) in [5.41, 5.74) is 0.905. The first-order valence-corrected chi connectivity index (χ1v) is 6.38. The lowest BCUT2D eigenvalue weighted by Gasteiger charge is -2.09. The molecular weight excluding hydrogens is 295 g/mol. The molecule has 0 bridgehead atoms. The van der Waals surface area contributed by atoms with Gasteiger partial charge in [0, 0.05) is 11.8 Å². The van der Waals surface area contributed by atoms with E-state index in [-0.39, 0.29) is 27.7 Å². The Kier molecular flexibility index (Phi) is 3.22. The summed E-state index contributed by atoms with van der Waals surface area (Å²) in [5.74, 6) is -0.336. The van der Waals surface area contributed by atoms with Crippen LogP contribution in [0.25, 0.3) is 17.3 Å². The summed E-state index contributed by atoms with van der Waals surface area (Å²) in [7, 11) is 0. The van der Waals surface area contributed by atoms with Crippen molar-refractivity contribution in [3.8, 4) is 17.3 Å². The van der Waals surface area contributed by atoms with E-state index in [0.29, 0.717) is 11.4 Å². The third-order valence-electron chi connectivity index (χ3n) is 2.82. The standard InChI is InChI=1S/C13H9FN4O2S/c1-7-6-10(19)11(12-15-16-13(21)20-12)17-18(7)9-4-2-8(14)3-5-9/h2-6H,1H3,(H,16,21). The van der Waals surface area contributed by atoms with Gasteiger partial charge in [0.05, 0.1) is 5.69 Å². The Bertz CT molecular complexity index is 911. The van der Waals surface area contributed by atoms with E-state index < -0.39 is 0 Å². The molecule has 0 saturated carbocycles. The van der Waals surface area contributed by atoms with Gasteiger partial charge in [-0.15, -0.1) is 5.10 Å². The van der Waals surface area contributed by atoms with E-state index in [0.717, 1.165) is 0 Å². The van der Waals surface area contributed by atoms with Gasteiger partial charge in [-0.3, -0.25) is 4.79 Å². The maximum absolute atomic E-state index is 13.0. The van der Waals surface area contributed by atoms with Gasteiger partial charge in [0.2, 0.25) is 5.43 Å². The molecule has 0 amide bonds. The molecule has 21 heavy (non-hydrogen) atoms. The van der Waals surface area contributed by atoms with E-state index >= 15 is 0 Å². The predicted octanol–water partition coefficient (Wildman–Crippen LogP) is 2.39. The van der Waals surface area contributed by atoms with Crippen molar-refractivity contribution in [3.05, 3.63) is 56.9 Å². The molecule has 0 unspecified atom stereocenters. The number of nitrogens with one attached hydrogen (secondary N) is 1. The number of hydrogen-bond donors (Lipinski definition) is 1. The summed E-state index contributed by atoms with van der Waals surface area (Å²) < 4.78 is 19.6. The van der Waals surface area contributed by atoms with Crippen LogP contribution >= 0.6 is 12.2 Å². The maximum Gasteiger partial charge on any atom is 0.284 e. The van der Waals surface area contributed by atoms with E-state index in [2.05, 4.69) is 15.3 Å². The molecule has 8 heteroatoms. The number of H-pyrrole nitrogens is 1. The second-order valence-corrected chi connectivity index (χ2v) is 4.68. The van der Waals surface area contributed by atoms with Crippen LogP contribution in [0.4, 0.5) is 4.39 Å². The highest BCUT2D eigenvalue weighted by atomic mass is 32.1. The zero-order valence-corrected chi connectivity index (χ0v) is 11.6. The molecule has 0 radical (unpaired) electrons. The lowest BCUT2D eigenvalue weighted by atomic mass is 10.2. The number of benzene rings is 1. The van der Waals surface area contributed by atoms with Crippen molar-refractivity contribution in [2.75, 3.05) is 0 Å². The van der Waals surface area contributed by atoms with E-state index in [1.165, 1.54) is 22.9 Å². The molecule has 3 aromatic rings. The lowest BCUT2D eigenvalue weighted by Crippen LogP contribution is -2.16. The number of aromatic nitrogens is 4. The van der Waals surface area contributed by atoms with Crippen molar-refractivity contribution in [2.45, 2.75) is 6.92 Å². The summed E-state index contributed by atoms with van der Waals surface area (Å²) in [4.78, 5) is 12.1. The minimum absolute atomic E-state index is 0.0147. The summed E-state index contributed by atoms with van der Waals surface area (Å²) >= 11 is 4.78. The SMILES string of the molecule is Cc1cc(=O)c(-c2n[nH]c(=S)o2)nn1-c1ccc(F)cc1. The first-order chi connectivity index (χ1) is 10.0. The van der Waals surface area contributed by atoms with Gasteiger partial charge >= 0.3 is 0 Å². The van der Waals surface area contributed by atoms with Gasteiger partial charge in [-0.1, -0.05) is 0 Å². The van der Waals surface area contributed by atoms with Gasteiger partial charge in [-0.2, -0.15) is 5.10 Å². The van der Waals surface area contributed by atoms with Gasteiger partial charge < -0.3 is 4.42 Å². The van der Waals surface area contributed by atoms with Crippen LogP contribution in [0.15, 0.2) is 39.5 Å². The smallest absolute Gasteiger partial charge is 0.284 e. The normalized spacial score (nSPS) is 10.8. The summed E-state index contributed by atoms with van der Waals surface area (Å²) in [6, 6.07) is 7.15. The summed E-state index contributed by atoms with van der Waals surface area (Å²) in [5, 5.41) is 10.4. The zero-order valence-electron chi connectivity index (χ0n) is 10.8. The fraction of sp³-hybridized carbons (Fsp3) is 0.0769. The van der Waals surface area contributed by atoms with Crippen molar-refractivity contribution in [2.24, 2.45) is 0 Å². The van der Waals surface area contributed by atoms with Crippen molar-refractivity contribution in [3.63, 3.8) is 0 Å². The van der Waals surface area contributed by atoms with Crippen LogP contribution in [0, 0.1) is 17.6 Å². The summed E-state index contributed by atoms with van der Waals surface area (Å²) in [6.07, 6.45) is 0. The number of rotatable bonds is 2. The van der Waals surface area contributed by atoms with Crippen molar-refractivity contribution in [1.29, 1.82) is 0 Å². The van der Waals surface area contributed by atoms with E-state index in [1.54, 1.807) is 19.1 Å². The minimum Gasteiger partial charge on any atom is -0.407 e. The molecular formula is C13H9FN4O2S. The highest BCUT2D eigenvalue weighted by Gasteiger charge is 2.14. The topological polar surface area (TPSA) is 76.7 Å². The van der Waals surface area contributed by atoms with Crippen LogP contribution in [0.3, 0.4) is 0 Å². The Morgan fingerprint density at radius 1 is 1.33 bits per heavy atom. The molecule has 1 aromatic carbocycles. The minimum atomic E-state index is -0.351. The second kappa shape index (κ2) is 5.06. The average Bonchev–Trinajstić information content (AvgIpc) is 2.87. The lowest BCUT2D eigenvalue weighted by molar-refractivity contribution is 0.546. The third kappa shape index (κ3) is 2.52. The molecule has 0 aliphatic rings. The Labute approximate surface area is 122 Å². The van der Waals surface area contributed by atoms with Crippen LogP contribution in [-0.4, -0.2) is 20.0 Å². The van der Waals surface area contributed by atoms with Crippen LogP contribution in [0.5, 0.6) is 0 Å². The molecule has 1 N–H and O–H groups in total. The van der Waals surface area contributed by atoms with E-state index in [9.17, 15) is 9.18 Å². The Balaban J connectivity index is 2.20. The molecule has 0 atom stereocenters. The fourth-order valence-electron chi connectivity index (χ4n) is 1.87. The second-order valence-electron chi connectivity index (χ2n) is 4.31. The van der Waals surface area contributed by atoms with Gasteiger partial charge in [-0.05, 0) is 43.4 Å². The van der Waals surface area contributed by atoms with Crippen molar-refractivity contribution in [1.82, 2.24) is 20.0 Å². The van der Waals surface area contributed by atoms with Crippen LogP contribution < -0.4 is 5.43 Å². The Hall–Kier alpha value is -2.61. The number of aryl methyl sites for hydroxylation is 1. The average molecular weight is 304 g/mol. The number of aromatic amines is 1. The molecule has 2 heterocycles. The first-order valence-electron chi connectivity index (χ1n) is 5.97. The monoisotopic (exact) mass is 304 g/mol. The van der Waals surface area contributed by atoms with Crippen molar-refractivity contribution >= 4 is 12.2 Å².